The molecule has 0 aliphatic rings. The summed E-state index contributed by atoms with van der Waals surface area (Å²) in [6.07, 6.45) is 0.448. The number of nitrogens with zero attached hydrogens (tertiary/aromatic N) is 3. The van der Waals surface area contributed by atoms with E-state index in [0.29, 0.717) is 17.1 Å². The van der Waals surface area contributed by atoms with Gasteiger partial charge < -0.3 is 14.8 Å². The van der Waals surface area contributed by atoms with E-state index in [2.05, 4.69) is 15.5 Å². The summed E-state index contributed by atoms with van der Waals surface area (Å²) in [6, 6.07) is 12.5. The number of nitrogen functional groups attached to an aromatic ring is 1. The van der Waals surface area contributed by atoms with Gasteiger partial charge in [0.25, 0.3) is 5.69 Å². The fourth-order valence-electron chi connectivity index (χ4n) is 2.36. The first kappa shape index (κ1) is 24.2. The lowest BCUT2D eigenvalue weighted by atomic mass is 10.3. The third-order valence-corrected chi connectivity index (χ3v) is 5.79. The third-order valence-electron chi connectivity index (χ3n) is 3.61. The summed E-state index contributed by atoms with van der Waals surface area (Å²) < 4.78 is 24.8. The first-order chi connectivity index (χ1) is 14.6. The average Bonchev–Trinajstić information content (AvgIpc) is 2.68. The molecule has 0 unspecified atom stereocenters. The van der Waals surface area contributed by atoms with Crippen LogP contribution in [0, 0.1) is 10.1 Å². The van der Waals surface area contributed by atoms with Gasteiger partial charge in [-0.25, -0.2) is 0 Å². The maximum atomic E-state index is 13.6. The van der Waals surface area contributed by atoms with E-state index in [1.165, 1.54) is 30.5 Å². The molecule has 0 aromatic heterocycles. The molecule has 2 aromatic carbocycles. The molecule has 0 amide bonds. The Hall–Kier alpha value is -3.07. The van der Waals surface area contributed by atoms with Crippen molar-refractivity contribution in [3.63, 3.8) is 0 Å². The van der Waals surface area contributed by atoms with E-state index in [4.69, 9.17) is 14.8 Å². The number of aliphatic imine (C=N–C) groups is 1. The summed E-state index contributed by atoms with van der Waals surface area (Å²) >= 11 is 0. The molecule has 166 valence electrons. The number of nitro benzene ring substituents is 1. The van der Waals surface area contributed by atoms with Crippen LogP contribution in [0.25, 0.3) is 0 Å². The van der Waals surface area contributed by atoms with Crippen LogP contribution in [0.5, 0.6) is 0 Å². The van der Waals surface area contributed by atoms with E-state index in [-0.39, 0.29) is 11.1 Å². The van der Waals surface area contributed by atoms with Crippen LogP contribution >= 0.6 is 7.60 Å². The minimum Gasteiger partial charge on any atom is -0.397 e. The number of para-hydroxylation sites is 2. The van der Waals surface area contributed by atoms with Gasteiger partial charge >= 0.3 is 7.60 Å². The fraction of sp³-hybridized carbons (Fsp3) is 0.300. The maximum Gasteiger partial charge on any atom is 0.383 e. The zero-order chi connectivity index (χ0) is 23.0. The van der Waals surface area contributed by atoms with Gasteiger partial charge in [-0.2, -0.15) is 5.10 Å². The monoisotopic (exact) mass is 447 g/mol. The van der Waals surface area contributed by atoms with Gasteiger partial charge in [0.05, 0.1) is 40.4 Å². The van der Waals surface area contributed by atoms with Crippen molar-refractivity contribution in [3.8, 4) is 0 Å². The van der Waals surface area contributed by atoms with E-state index in [0.717, 1.165) is 0 Å². The molecule has 0 saturated heterocycles. The Labute approximate surface area is 180 Å². The number of nitrogens with two attached hydrogens (primary N) is 1. The number of rotatable bonds is 10. The molecule has 0 radical (unpaired) electrons. The lowest BCUT2D eigenvalue weighted by molar-refractivity contribution is -0.384. The van der Waals surface area contributed by atoms with E-state index < -0.39 is 24.7 Å². The van der Waals surface area contributed by atoms with Crippen molar-refractivity contribution in [1.82, 2.24) is 0 Å². The molecular weight excluding hydrogens is 421 g/mol. The zero-order valence-electron chi connectivity index (χ0n) is 17.8. The second-order valence-electron chi connectivity index (χ2n) is 7.01. The second-order valence-corrected chi connectivity index (χ2v) is 8.88. The zero-order valence-corrected chi connectivity index (χ0v) is 18.7. The first-order valence-corrected chi connectivity index (χ1v) is 11.1. The highest BCUT2D eigenvalue weighted by Crippen LogP contribution is 2.51. The Bertz CT molecular complexity index is 991. The summed E-state index contributed by atoms with van der Waals surface area (Å²) in [5, 5.41) is 15.0. The first-order valence-electron chi connectivity index (χ1n) is 9.55. The molecule has 0 aliphatic carbocycles. The standard InChI is InChI=1S/C20H26N5O5P/c1-14(2)29-31(28,30-15(3)4)20(13-22-19-8-6-5-7-18(19)21)24-23-16-9-11-17(12-10-16)25(26)27/h5-15,23H,21H2,1-4H3/b22-13?,24-20-. The molecule has 0 atom stereocenters. The van der Waals surface area contributed by atoms with Crippen molar-refractivity contribution in [2.45, 2.75) is 39.9 Å². The van der Waals surface area contributed by atoms with Crippen LogP contribution in [0.2, 0.25) is 0 Å². The predicted molar refractivity (Wildman–Crippen MR) is 123 cm³/mol. The van der Waals surface area contributed by atoms with Gasteiger partial charge in [-0.05, 0) is 52.0 Å². The number of hydrazone groups is 1. The van der Waals surface area contributed by atoms with Crippen molar-refractivity contribution >= 4 is 42.0 Å². The second kappa shape index (κ2) is 10.8. The molecule has 3 N–H and O–H groups in total. The molecule has 0 heterocycles. The Morgan fingerprint density at radius 1 is 1.10 bits per heavy atom. The highest BCUT2D eigenvalue weighted by molar-refractivity contribution is 7.75. The van der Waals surface area contributed by atoms with Gasteiger partial charge in [0.2, 0.25) is 0 Å². The quantitative estimate of drug-likeness (QED) is 0.164. The number of non-ortho nitro benzene ring substituents is 1. The van der Waals surface area contributed by atoms with E-state index in [9.17, 15) is 14.7 Å². The van der Waals surface area contributed by atoms with Crippen LogP contribution in [0.4, 0.5) is 22.7 Å². The Balaban J connectivity index is 2.44. The average molecular weight is 447 g/mol. The van der Waals surface area contributed by atoms with Crippen molar-refractivity contribution in [2.75, 3.05) is 11.2 Å². The summed E-state index contributed by atoms with van der Waals surface area (Å²) in [5.74, 6) is 0. The number of nitro groups is 1. The molecule has 10 nitrogen and oxygen atoms in total. The Morgan fingerprint density at radius 3 is 2.19 bits per heavy atom. The molecule has 0 spiro atoms. The van der Waals surface area contributed by atoms with Gasteiger partial charge in [-0.3, -0.25) is 25.1 Å². The summed E-state index contributed by atoms with van der Waals surface area (Å²) in [5.41, 5.74) is 9.86. The highest BCUT2D eigenvalue weighted by Gasteiger charge is 2.34. The predicted octanol–water partition coefficient (Wildman–Crippen LogP) is 5.35. The summed E-state index contributed by atoms with van der Waals surface area (Å²) in [6.45, 7) is 6.90. The van der Waals surface area contributed by atoms with Gasteiger partial charge in [0, 0.05) is 12.1 Å². The minimum atomic E-state index is -3.87. The smallest absolute Gasteiger partial charge is 0.383 e. The van der Waals surface area contributed by atoms with Crippen LogP contribution in [0.1, 0.15) is 27.7 Å². The normalized spacial score (nSPS) is 12.6. The Kier molecular flexibility index (Phi) is 8.44. The number of anilines is 2. The van der Waals surface area contributed by atoms with Gasteiger partial charge in [0.1, 0.15) is 0 Å². The Morgan fingerprint density at radius 2 is 1.68 bits per heavy atom. The van der Waals surface area contributed by atoms with E-state index in [1.54, 1.807) is 52.0 Å². The SMILES string of the molecule is CC(C)OP(=O)(OC(C)C)/C(C=Nc1ccccc1N)=N\Nc1ccc([N+](=O)[O-])cc1. The topological polar surface area (TPSA) is 141 Å². The van der Waals surface area contributed by atoms with Crippen LogP contribution in [-0.2, 0) is 13.6 Å². The number of benzene rings is 2. The van der Waals surface area contributed by atoms with Gasteiger partial charge in [-0.1, -0.05) is 12.1 Å². The van der Waals surface area contributed by atoms with Crippen LogP contribution < -0.4 is 11.2 Å². The number of hydrogen-bond acceptors (Lipinski definition) is 9. The number of hydrogen-bond donors (Lipinski definition) is 2. The van der Waals surface area contributed by atoms with Crippen LogP contribution in [0.3, 0.4) is 0 Å². The number of nitrogens with one attached hydrogen (secondary N) is 1. The minimum absolute atomic E-state index is 0.0622. The molecule has 11 heteroatoms. The van der Waals surface area contributed by atoms with Crippen molar-refractivity contribution in [1.29, 1.82) is 0 Å². The molecular formula is C20H26N5O5P. The largest absolute Gasteiger partial charge is 0.397 e. The lowest BCUT2D eigenvalue weighted by Gasteiger charge is -2.22. The van der Waals surface area contributed by atoms with Gasteiger partial charge in [-0.15, -0.1) is 0 Å². The molecule has 0 saturated carbocycles. The molecule has 0 fully saturated rings. The third kappa shape index (κ3) is 7.29. The maximum absolute atomic E-state index is 13.6. The molecule has 2 aromatic rings. The van der Waals surface area contributed by atoms with E-state index in [1.807, 2.05) is 0 Å². The van der Waals surface area contributed by atoms with Crippen molar-refractivity contribution in [2.24, 2.45) is 10.1 Å². The molecule has 31 heavy (non-hydrogen) atoms. The molecule has 2 rings (SSSR count). The van der Waals surface area contributed by atoms with Crippen molar-refractivity contribution < 1.29 is 18.5 Å². The van der Waals surface area contributed by atoms with Gasteiger partial charge in [0.15, 0.2) is 5.45 Å². The fourth-order valence-corrected chi connectivity index (χ4v) is 4.11. The van der Waals surface area contributed by atoms with E-state index >= 15 is 0 Å². The molecule has 0 bridgehead atoms. The van der Waals surface area contributed by atoms with Crippen LogP contribution in [-0.4, -0.2) is 28.8 Å². The lowest BCUT2D eigenvalue weighted by Crippen LogP contribution is -2.16. The highest BCUT2D eigenvalue weighted by atomic mass is 31.2. The summed E-state index contributed by atoms with van der Waals surface area (Å²) in [4.78, 5) is 14.6. The van der Waals surface area contributed by atoms with Crippen LogP contribution in [0.15, 0.2) is 58.6 Å². The van der Waals surface area contributed by atoms with Crippen molar-refractivity contribution in [3.05, 3.63) is 58.6 Å². The molecule has 0 aliphatic heterocycles. The summed E-state index contributed by atoms with van der Waals surface area (Å²) in [7, 11) is -3.87.